The number of rotatable bonds is 5. The smallest absolute Gasteiger partial charge is 0.251 e. The zero-order valence-electron chi connectivity index (χ0n) is 16.8. The van der Waals surface area contributed by atoms with Crippen LogP contribution in [-0.2, 0) is 0 Å². The second-order valence-corrected chi connectivity index (χ2v) is 9.00. The van der Waals surface area contributed by atoms with Crippen molar-refractivity contribution in [1.29, 1.82) is 0 Å². The summed E-state index contributed by atoms with van der Waals surface area (Å²) in [6.07, 6.45) is 1.81. The number of nitrogens with two attached hydrogens (primary N) is 1. The van der Waals surface area contributed by atoms with E-state index in [9.17, 15) is 4.79 Å². The van der Waals surface area contributed by atoms with Gasteiger partial charge in [-0.1, -0.05) is 13.0 Å². The third kappa shape index (κ3) is 4.57. The molecule has 3 heterocycles. The number of nitrogens with zero attached hydrogens (tertiary/aromatic N) is 2. The topological polar surface area (TPSA) is 83.3 Å². The highest BCUT2D eigenvalue weighted by molar-refractivity contribution is 7.99. The first-order chi connectivity index (χ1) is 14.1. The Kier molecular flexibility index (Phi) is 6.37. The van der Waals surface area contributed by atoms with Gasteiger partial charge in [-0.2, -0.15) is 11.8 Å². The molecule has 1 saturated heterocycles. The number of nitrogens with one attached hydrogen (secondary N) is 2. The second-order valence-electron chi connectivity index (χ2n) is 7.77. The van der Waals surface area contributed by atoms with Gasteiger partial charge in [0.25, 0.3) is 5.91 Å². The summed E-state index contributed by atoms with van der Waals surface area (Å²) in [6, 6.07) is 11.6. The highest BCUT2D eigenvalue weighted by Crippen LogP contribution is 2.41. The van der Waals surface area contributed by atoms with Gasteiger partial charge in [-0.25, -0.2) is 0 Å². The summed E-state index contributed by atoms with van der Waals surface area (Å²) < 4.78 is 0. The maximum Gasteiger partial charge on any atom is 0.251 e. The largest absolute Gasteiger partial charge is 0.376 e. The number of pyridine rings is 1. The van der Waals surface area contributed by atoms with Crippen molar-refractivity contribution in [3.63, 3.8) is 0 Å². The van der Waals surface area contributed by atoms with Gasteiger partial charge in [0.2, 0.25) is 0 Å². The number of hydrogen-bond donors (Lipinski definition) is 3. The van der Waals surface area contributed by atoms with Crippen molar-refractivity contribution in [1.82, 2.24) is 15.2 Å². The minimum atomic E-state index is -0.156. The van der Waals surface area contributed by atoms with Crippen LogP contribution in [0.3, 0.4) is 0 Å². The van der Waals surface area contributed by atoms with Gasteiger partial charge < -0.3 is 16.4 Å². The molecule has 0 spiro atoms. The molecule has 3 atom stereocenters. The number of amides is 1. The SMILES string of the molecule is CC1C(N)c2cc(C(=O)NCCN3CCSCC3)ccc2NC1c1ccccn1. The van der Waals surface area contributed by atoms with Gasteiger partial charge in [0.05, 0.1) is 11.7 Å². The number of hydrogen-bond acceptors (Lipinski definition) is 6. The molecule has 0 radical (unpaired) electrons. The van der Waals surface area contributed by atoms with Crippen LogP contribution >= 0.6 is 11.8 Å². The van der Waals surface area contributed by atoms with E-state index in [1.165, 1.54) is 11.5 Å². The lowest BCUT2D eigenvalue weighted by Gasteiger charge is -2.37. The van der Waals surface area contributed by atoms with E-state index in [-0.39, 0.29) is 23.9 Å². The van der Waals surface area contributed by atoms with Gasteiger partial charge >= 0.3 is 0 Å². The number of aromatic nitrogens is 1. The molecule has 0 saturated carbocycles. The number of thioether (sulfide) groups is 1. The van der Waals surface area contributed by atoms with Gasteiger partial charge in [0, 0.05) is 67.1 Å². The molecule has 2 aromatic rings. The lowest BCUT2D eigenvalue weighted by molar-refractivity contribution is 0.0948. The van der Waals surface area contributed by atoms with Crippen LogP contribution in [0.25, 0.3) is 0 Å². The quantitative estimate of drug-likeness (QED) is 0.702. The van der Waals surface area contributed by atoms with E-state index in [1.807, 2.05) is 48.2 Å². The Morgan fingerprint density at radius 2 is 2.14 bits per heavy atom. The van der Waals surface area contributed by atoms with Gasteiger partial charge in [0.1, 0.15) is 0 Å². The maximum absolute atomic E-state index is 12.6. The summed E-state index contributed by atoms with van der Waals surface area (Å²) >= 11 is 2.00. The molecule has 3 unspecified atom stereocenters. The minimum Gasteiger partial charge on any atom is -0.376 e. The Morgan fingerprint density at radius 1 is 1.31 bits per heavy atom. The highest BCUT2D eigenvalue weighted by atomic mass is 32.2. The molecule has 2 aliphatic rings. The van der Waals surface area contributed by atoms with E-state index in [0.717, 1.165) is 36.6 Å². The number of fused-ring (bicyclic) bond motifs is 1. The summed E-state index contributed by atoms with van der Waals surface area (Å²) in [6.45, 7) is 5.91. The summed E-state index contributed by atoms with van der Waals surface area (Å²) in [7, 11) is 0. The third-order valence-corrected chi connectivity index (χ3v) is 6.84. The molecule has 4 N–H and O–H groups in total. The molecule has 1 aromatic heterocycles. The first-order valence-corrected chi connectivity index (χ1v) is 11.4. The van der Waals surface area contributed by atoms with E-state index in [4.69, 9.17) is 5.73 Å². The fourth-order valence-electron chi connectivity index (χ4n) is 4.06. The zero-order chi connectivity index (χ0) is 20.2. The summed E-state index contributed by atoms with van der Waals surface area (Å²) in [5.74, 6) is 2.49. The Morgan fingerprint density at radius 3 is 2.90 bits per heavy atom. The number of benzene rings is 1. The van der Waals surface area contributed by atoms with Gasteiger partial charge in [-0.15, -0.1) is 0 Å². The molecule has 0 aliphatic carbocycles. The summed E-state index contributed by atoms with van der Waals surface area (Å²) in [4.78, 5) is 19.5. The molecule has 154 valence electrons. The second kappa shape index (κ2) is 9.15. The molecule has 4 rings (SSSR count). The first kappa shape index (κ1) is 20.2. The molecule has 2 aliphatic heterocycles. The minimum absolute atomic E-state index is 0.0362. The molecule has 1 fully saturated rings. The Hall–Kier alpha value is -2.09. The fourth-order valence-corrected chi connectivity index (χ4v) is 5.04. The van der Waals surface area contributed by atoms with Crippen molar-refractivity contribution >= 4 is 23.4 Å². The van der Waals surface area contributed by atoms with Gasteiger partial charge in [-0.05, 0) is 35.9 Å². The fraction of sp³-hybridized carbons (Fsp3) is 0.455. The van der Waals surface area contributed by atoms with Crippen LogP contribution in [-0.4, -0.2) is 53.5 Å². The average Bonchev–Trinajstić information content (AvgIpc) is 2.77. The standard InChI is InChI=1S/C22H29N5OS/c1-15-20(23)17-14-16(22(28)25-8-9-27-10-12-29-13-11-27)5-6-18(17)26-21(15)19-4-2-3-7-24-19/h2-7,14-15,20-21,26H,8-13,23H2,1H3,(H,25,28). The molecule has 0 bridgehead atoms. The van der Waals surface area contributed by atoms with Crippen molar-refractivity contribution in [3.05, 3.63) is 59.4 Å². The Labute approximate surface area is 176 Å². The molecule has 1 amide bonds. The van der Waals surface area contributed by atoms with Crippen molar-refractivity contribution in [2.24, 2.45) is 11.7 Å². The molecule has 6 nitrogen and oxygen atoms in total. The number of carbonyl (C=O) groups excluding carboxylic acids is 1. The van der Waals surface area contributed by atoms with E-state index in [1.54, 1.807) is 6.20 Å². The zero-order valence-corrected chi connectivity index (χ0v) is 17.6. The van der Waals surface area contributed by atoms with Crippen LogP contribution in [0.4, 0.5) is 5.69 Å². The Bertz CT molecular complexity index is 840. The molecule has 1 aromatic carbocycles. The van der Waals surface area contributed by atoms with Crippen LogP contribution in [0.1, 0.15) is 40.6 Å². The lowest BCUT2D eigenvalue weighted by Crippen LogP contribution is -2.39. The van der Waals surface area contributed by atoms with Crippen LogP contribution in [0.2, 0.25) is 0 Å². The van der Waals surface area contributed by atoms with E-state index >= 15 is 0 Å². The summed E-state index contributed by atoms with van der Waals surface area (Å²) in [5.41, 5.74) is 10.2. The monoisotopic (exact) mass is 411 g/mol. The van der Waals surface area contributed by atoms with Gasteiger partial charge in [0.15, 0.2) is 0 Å². The van der Waals surface area contributed by atoms with E-state index < -0.39 is 0 Å². The molecular weight excluding hydrogens is 382 g/mol. The Balaban J connectivity index is 1.42. The number of carbonyl (C=O) groups is 1. The number of anilines is 1. The molecule has 7 heteroatoms. The predicted octanol–water partition coefficient (Wildman–Crippen LogP) is 2.66. The van der Waals surface area contributed by atoms with E-state index in [2.05, 4.69) is 27.4 Å². The van der Waals surface area contributed by atoms with Crippen LogP contribution in [0.5, 0.6) is 0 Å². The van der Waals surface area contributed by atoms with Crippen LogP contribution < -0.4 is 16.4 Å². The predicted molar refractivity (Wildman–Crippen MR) is 119 cm³/mol. The van der Waals surface area contributed by atoms with E-state index in [0.29, 0.717) is 12.1 Å². The third-order valence-electron chi connectivity index (χ3n) is 5.90. The van der Waals surface area contributed by atoms with Crippen molar-refractivity contribution in [2.45, 2.75) is 19.0 Å². The van der Waals surface area contributed by atoms with Gasteiger partial charge in [-0.3, -0.25) is 14.7 Å². The summed E-state index contributed by atoms with van der Waals surface area (Å²) in [5, 5.41) is 6.62. The lowest BCUT2D eigenvalue weighted by atomic mass is 9.82. The first-order valence-electron chi connectivity index (χ1n) is 10.3. The van der Waals surface area contributed by atoms with Crippen molar-refractivity contribution in [3.8, 4) is 0 Å². The molecular formula is C22H29N5OS. The van der Waals surface area contributed by atoms with Crippen LogP contribution in [0.15, 0.2) is 42.6 Å². The normalized spacial score (nSPS) is 24.4. The molecule has 29 heavy (non-hydrogen) atoms. The maximum atomic E-state index is 12.6. The van der Waals surface area contributed by atoms with Crippen molar-refractivity contribution in [2.75, 3.05) is 43.0 Å². The highest BCUT2D eigenvalue weighted by Gasteiger charge is 2.33. The van der Waals surface area contributed by atoms with Crippen LogP contribution in [0, 0.1) is 5.92 Å². The van der Waals surface area contributed by atoms with Crippen molar-refractivity contribution < 1.29 is 4.79 Å². The average molecular weight is 412 g/mol.